The molecule has 3 N–H and O–H groups in total. The Morgan fingerprint density at radius 1 is 0.868 bits per heavy atom. The van der Waals surface area contributed by atoms with E-state index in [1.807, 2.05) is 101 Å². The number of piperazine rings is 1. The topological polar surface area (TPSA) is 164 Å². The second-order valence-electron chi connectivity index (χ2n) is 22.6. The van der Waals surface area contributed by atoms with Gasteiger partial charge in [0.15, 0.2) is 5.69 Å². The number of aromatic nitrogens is 3. The summed E-state index contributed by atoms with van der Waals surface area (Å²) >= 11 is 7.92. The lowest BCUT2D eigenvalue weighted by molar-refractivity contribution is -0.144. The van der Waals surface area contributed by atoms with E-state index in [9.17, 15) is 19.5 Å². The molecule has 0 aliphatic carbocycles. The molecule has 4 fully saturated rings. The molecule has 9 rings (SSSR count). The molecule has 0 unspecified atom stereocenters. The highest BCUT2D eigenvalue weighted by atomic mass is 35.5. The van der Waals surface area contributed by atoms with E-state index in [4.69, 9.17) is 27.9 Å². The molecule has 2 aromatic heterocycles. The first-order valence-corrected chi connectivity index (χ1v) is 27.9. The normalized spacial score (nSPS) is 20.2. The number of β-amino-alcohol motifs (C(OH)–C–C–N with tert-alkyl or cyclic N) is 1. The molecule has 76 heavy (non-hydrogen) atoms. The van der Waals surface area contributed by atoms with Crippen molar-refractivity contribution in [2.24, 2.45) is 5.41 Å². The molecule has 4 aliphatic heterocycles. The average Bonchev–Trinajstić information content (AvgIpc) is 4.04. The third-order valence-electron chi connectivity index (χ3n) is 15.9. The predicted molar refractivity (Wildman–Crippen MR) is 298 cm³/mol. The molecule has 6 heterocycles. The monoisotopic (exact) mass is 1070 g/mol. The van der Waals surface area contributed by atoms with E-state index in [0.29, 0.717) is 29.4 Å². The number of halogens is 1. The molecule has 16 nitrogen and oxygen atoms in total. The number of benzene rings is 3. The SMILES string of the molecule is [C-]#[N+]c1cc(Cl)cc(C(C)(C)c2ccc(OCc3ccnc(N4CCN(C5CCN(C6CN(CC(=O)N[C@H](C(=O)N7C[C@H](O)C[C@H]7C(=O)N[C@@H](C)c7ccc(-c8scnc8C)cc7)C(C)(C)C)C6)CC5)CC4)n3)cc2)c1. The minimum atomic E-state index is -0.879. The number of aryl methyl sites for hydroxylation is 1. The number of likely N-dealkylation sites (tertiary alicyclic amines) is 3. The van der Waals surface area contributed by atoms with E-state index in [0.717, 1.165) is 115 Å². The van der Waals surface area contributed by atoms with Crippen molar-refractivity contribution in [1.29, 1.82) is 0 Å². The maximum atomic E-state index is 14.3. The standard InChI is InChI=1S/C58H72ClN11O5S/c1-37(39-9-11-40(12-10-39)52-38(2)62-36-76-52)63-54(73)50-30-48(71)33-70(50)55(74)53(57(3,4)5)65-51(72)34-66-31-47(32-66)67-21-18-46(19-22-67)68-23-25-69(26-24-68)56-61-20-17-44(64-56)35-75-49-15-13-41(14-16-49)58(6,7)42-27-43(59)29-45(28-42)60-8/h9-17,20,27-29,36-37,46-48,50,53,71H,18-19,21-26,30-35H2,1-7H3,(H,63,73)(H,65,72)/t37-,48+,50-,53+/m0/s1. The zero-order valence-corrected chi connectivity index (χ0v) is 46.4. The van der Waals surface area contributed by atoms with Crippen LogP contribution in [0.2, 0.25) is 5.02 Å². The fourth-order valence-electron chi connectivity index (χ4n) is 11.1. The molecule has 5 aromatic rings. The predicted octanol–water partition coefficient (Wildman–Crippen LogP) is 7.66. The highest BCUT2D eigenvalue weighted by Crippen LogP contribution is 2.37. The number of ether oxygens (including phenoxy) is 1. The van der Waals surface area contributed by atoms with Gasteiger partial charge in [0.2, 0.25) is 23.7 Å². The first-order chi connectivity index (χ1) is 36.3. The Hall–Kier alpha value is -6.00. The number of aliphatic hydroxyl groups is 1. The van der Waals surface area contributed by atoms with Crippen LogP contribution in [0, 0.1) is 18.9 Å². The fraction of sp³-hybridized carbons (Fsp3) is 0.500. The molecular weight excluding hydrogens is 998 g/mol. The molecule has 18 heteroatoms. The number of nitrogens with zero attached hydrogens (tertiary/aromatic N) is 9. The van der Waals surface area contributed by atoms with Gasteiger partial charge in [-0.2, -0.15) is 0 Å². The summed E-state index contributed by atoms with van der Waals surface area (Å²) in [5.74, 6) is 0.553. The summed E-state index contributed by atoms with van der Waals surface area (Å²) in [6.45, 7) is 29.1. The maximum absolute atomic E-state index is 14.3. The van der Waals surface area contributed by atoms with Crippen LogP contribution in [-0.2, 0) is 26.4 Å². The molecule has 0 saturated carbocycles. The van der Waals surface area contributed by atoms with Crippen molar-refractivity contribution in [3.8, 4) is 16.2 Å². The number of anilines is 1. The zero-order chi connectivity index (χ0) is 53.9. The van der Waals surface area contributed by atoms with E-state index in [1.54, 1.807) is 17.4 Å². The van der Waals surface area contributed by atoms with Crippen LogP contribution in [-0.4, -0.2) is 153 Å². The van der Waals surface area contributed by atoms with Crippen molar-refractivity contribution in [2.45, 2.75) is 116 Å². The van der Waals surface area contributed by atoms with Crippen molar-refractivity contribution in [1.82, 2.24) is 45.2 Å². The van der Waals surface area contributed by atoms with E-state index in [-0.39, 0.29) is 48.7 Å². The Bertz CT molecular complexity index is 2880. The number of hydrogen-bond acceptors (Lipinski definition) is 13. The van der Waals surface area contributed by atoms with Gasteiger partial charge in [-0.15, -0.1) is 11.3 Å². The van der Waals surface area contributed by atoms with Crippen molar-refractivity contribution in [3.63, 3.8) is 0 Å². The van der Waals surface area contributed by atoms with Crippen LogP contribution in [0.25, 0.3) is 15.3 Å². The van der Waals surface area contributed by atoms with Gasteiger partial charge >= 0.3 is 0 Å². The number of nitrogens with one attached hydrogen (secondary N) is 2. The lowest BCUT2D eigenvalue weighted by atomic mass is 9.78. The molecule has 3 aromatic carbocycles. The lowest BCUT2D eigenvalue weighted by Gasteiger charge is -2.49. The van der Waals surface area contributed by atoms with Gasteiger partial charge in [0.25, 0.3) is 0 Å². The fourth-order valence-corrected chi connectivity index (χ4v) is 12.2. The highest BCUT2D eigenvalue weighted by molar-refractivity contribution is 7.13. The van der Waals surface area contributed by atoms with Gasteiger partial charge in [-0.3, -0.25) is 29.1 Å². The molecular formula is C58H72ClN11O5S. The third-order valence-corrected chi connectivity index (χ3v) is 17.1. The molecule has 4 aliphatic rings. The maximum Gasteiger partial charge on any atom is 0.246 e. The number of carbonyl (C=O) groups excluding carboxylic acids is 3. The summed E-state index contributed by atoms with van der Waals surface area (Å²) < 4.78 is 6.18. The zero-order valence-electron chi connectivity index (χ0n) is 44.8. The largest absolute Gasteiger partial charge is 0.487 e. The Balaban J connectivity index is 0.688. The van der Waals surface area contributed by atoms with Gasteiger partial charge in [0.1, 0.15) is 24.4 Å². The molecule has 402 valence electrons. The smallest absolute Gasteiger partial charge is 0.246 e. The van der Waals surface area contributed by atoms with Crippen molar-refractivity contribution < 1.29 is 24.2 Å². The van der Waals surface area contributed by atoms with Crippen molar-refractivity contribution in [3.05, 3.63) is 129 Å². The number of hydrogen-bond donors (Lipinski definition) is 3. The number of amides is 3. The Morgan fingerprint density at radius 2 is 1.57 bits per heavy atom. The summed E-state index contributed by atoms with van der Waals surface area (Å²) in [6.07, 6.45) is 3.29. The van der Waals surface area contributed by atoms with Gasteiger partial charge in [-0.25, -0.2) is 19.8 Å². The minimum absolute atomic E-state index is 0.0248. The van der Waals surface area contributed by atoms with Gasteiger partial charge < -0.3 is 30.3 Å². The third kappa shape index (κ3) is 12.7. The van der Waals surface area contributed by atoms with Gasteiger partial charge in [-0.1, -0.05) is 88.7 Å². The first-order valence-electron chi connectivity index (χ1n) is 26.6. The van der Waals surface area contributed by atoms with E-state index < -0.39 is 23.6 Å². The number of aliphatic hydroxyl groups excluding tert-OH is 1. The van der Waals surface area contributed by atoms with Crippen molar-refractivity contribution in [2.75, 3.05) is 70.3 Å². The molecule has 0 spiro atoms. The number of rotatable bonds is 16. The highest BCUT2D eigenvalue weighted by Gasteiger charge is 2.45. The van der Waals surface area contributed by atoms with Crippen LogP contribution in [0.3, 0.4) is 0 Å². The Kier molecular flexibility index (Phi) is 16.8. The summed E-state index contributed by atoms with van der Waals surface area (Å²) in [4.78, 5) is 71.3. The van der Waals surface area contributed by atoms with E-state index in [1.165, 1.54) is 4.90 Å². The minimum Gasteiger partial charge on any atom is -0.487 e. The summed E-state index contributed by atoms with van der Waals surface area (Å²) in [5, 5.41) is 17.4. The Labute approximate surface area is 456 Å². The van der Waals surface area contributed by atoms with E-state index in [2.05, 4.69) is 71.0 Å². The molecule has 3 amide bonds. The van der Waals surface area contributed by atoms with Crippen LogP contribution >= 0.6 is 22.9 Å². The van der Waals surface area contributed by atoms with Crippen LogP contribution in [0.15, 0.2) is 84.5 Å². The average molecular weight is 1070 g/mol. The molecule has 0 bridgehead atoms. The molecule has 0 radical (unpaired) electrons. The van der Waals surface area contributed by atoms with Crippen molar-refractivity contribution >= 4 is 52.3 Å². The summed E-state index contributed by atoms with van der Waals surface area (Å²) in [5.41, 5.74) is 7.21. The molecule has 4 atom stereocenters. The van der Waals surface area contributed by atoms with Crippen LogP contribution < -0.4 is 20.3 Å². The van der Waals surface area contributed by atoms with E-state index >= 15 is 0 Å². The second kappa shape index (κ2) is 23.3. The van der Waals surface area contributed by atoms with Gasteiger partial charge in [0.05, 0.1) is 47.0 Å². The molecule has 4 saturated heterocycles. The Morgan fingerprint density at radius 3 is 2.22 bits per heavy atom. The van der Waals surface area contributed by atoms with Crippen LogP contribution in [0.4, 0.5) is 11.6 Å². The first kappa shape index (κ1) is 54.8. The van der Waals surface area contributed by atoms with Crippen LogP contribution in [0.1, 0.15) is 94.9 Å². The number of carbonyl (C=O) groups is 3. The number of thiazole rings is 1. The summed E-state index contributed by atoms with van der Waals surface area (Å²) in [7, 11) is 0. The quantitative estimate of drug-likeness (QED) is 0.0829. The second-order valence-corrected chi connectivity index (χ2v) is 23.9. The lowest BCUT2D eigenvalue weighted by Crippen LogP contribution is -2.64. The summed E-state index contributed by atoms with van der Waals surface area (Å²) in [6, 6.07) is 22.3. The van der Waals surface area contributed by atoms with Gasteiger partial charge in [0, 0.05) is 94.0 Å². The van der Waals surface area contributed by atoms with Crippen LogP contribution in [0.5, 0.6) is 5.75 Å². The number of piperidine rings is 1. The van der Waals surface area contributed by atoms with Gasteiger partial charge in [-0.05, 0) is 84.7 Å².